The zero-order valence-electron chi connectivity index (χ0n) is 14.5. The zero-order valence-corrected chi connectivity index (χ0v) is 14.5. The van der Waals surface area contributed by atoms with Crippen LogP contribution in [0.2, 0.25) is 0 Å². The topological polar surface area (TPSA) is 85.8 Å². The van der Waals surface area contributed by atoms with Gasteiger partial charge in [-0.1, -0.05) is 30.3 Å². The number of hydrazone groups is 1. The van der Waals surface area contributed by atoms with Crippen molar-refractivity contribution in [1.82, 2.24) is 21.2 Å². The number of rotatable bonds is 6. The van der Waals surface area contributed by atoms with Crippen LogP contribution in [0.25, 0.3) is 0 Å². The first kappa shape index (κ1) is 17.6. The Kier molecular flexibility index (Phi) is 5.78. The molecule has 0 radical (unpaired) electrons. The number of nitrogens with zero attached hydrogens (tertiary/aromatic N) is 2. The van der Waals surface area contributed by atoms with Crippen molar-refractivity contribution < 1.29 is 9.59 Å². The normalized spacial score (nSPS) is 23.1. The third-order valence-electron chi connectivity index (χ3n) is 4.79. The van der Waals surface area contributed by atoms with Crippen LogP contribution in [0.15, 0.2) is 35.4 Å². The summed E-state index contributed by atoms with van der Waals surface area (Å²) in [4.78, 5) is 25.3. The largest absolute Gasteiger partial charge is 0.345 e. The lowest BCUT2D eigenvalue weighted by Crippen LogP contribution is -2.35. The summed E-state index contributed by atoms with van der Waals surface area (Å²) in [5.74, 6) is 0.376. The Hall–Kier alpha value is -2.25. The van der Waals surface area contributed by atoms with Gasteiger partial charge in [0.15, 0.2) is 0 Å². The standard InChI is InChI=1S/C18H25N5O2/c1-23(17(25)10-8-15-7-9-16(24)21-20-15)12-14-11-19-22-18(14)13-5-3-2-4-6-13/h2-6,14,18-19,22H,7-12H2,1H3,(H,21,24). The van der Waals surface area contributed by atoms with Gasteiger partial charge >= 0.3 is 0 Å². The van der Waals surface area contributed by atoms with E-state index in [0.29, 0.717) is 38.1 Å². The summed E-state index contributed by atoms with van der Waals surface area (Å²) in [6.07, 6.45) is 2.14. The molecule has 134 valence electrons. The third-order valence-corrected chi connectivity index (χ3v) is 4.79. The van der Waals surface area contributed by atoms with Crippen molar-refractivity contribution >= 4 is 17.5 Å². The third kappa shape index (κ3) is 4.64. The molecule has 25 heavy (non-hydrogen) atoms. The Morgan fingerprint density at radius 2 is 2.08 bits per heavy atom. The van der Waals surface area contributed by atoms with Gasteiger partial charge in [-0.3, -0.25) is 15.0 Å². The molecule has 2 aliphatic rings. The molecule has 2 unspecified atom stereocenters. The summed E-state index contributed by atoms with van der Waals surface area (Å²) in [5.41, 5.74) is 11.1. The Morgan fingerprint density at radius 1 is 1.28 bits per heavy atom. The lowest BCUT2D eigenvalue weighted by atomic mass is 9.94. The number of hydrazine groups is 1. The fraction of sp³-hybridized carbons (Fsp3) is 0.500. The number of carbonyl (C=O) groups is 2. The Morgan fingerprint density at radius 3 is 2.80 bits per heavy atom. The van der Waals surface area contributed by atoms with E-state index in [2.05, 4.69) is 33.5 Å². The highest BCUT2D eigenvalue weighted by atomic mass is 16.2. The maximum atomic E-state index is 12.4. The molecule has 0 saturated carbocycles. The van der Waals surface area contributed by atoms with Gasteiger partial charge in [0.1, 0.15) is 0 Å². The number of carbonyl (C=O) groups excluding carboxylic acids is 2. The van der Waals surface area contributed by atoms with Crippen molar-refractivity contribution in [2.75, 3.05) is 20.1 Å². The summed E-state index contributed by atoms with van der Waals surface area (Å²) >= 11 is 0. The van der Waals surface area contributed by atoms with E-state index < -0.39 is 0 Å². The van der Waals surface area contributed by atoms with Crippen LogP contribution in [0.4, 0.5) is 0 Å². The molecular weight excluding hydrogens is 318 g/mol. The van der Waals surface area contributed by atoms with E-state index in [0.717, 1.165) is 12.3 Å². The Bertz CT molecular complexity index is 646. The van der Waals surface area contributed by atoms with Crippen LogP contribution in [0, 0.1) is 5.92 Å². The molecule has 3 rings (SSSR count). The van der Waals surface area contributed by atoms with E-state index in [1.165, 1.54) is 5.56 Å². The number of hydrogen-bond donors (Lipinski definition) is 3. The number of hydrogen-bond acceptors (Lipinski definition) is 5. The fourth-order valence-corrected chi connectivity index (χ4v) is 3.31. The van der Waals surface area contributed by atoms with Gasteiger partial charge in [-0.05, 0) is 18.4 Å². The van der Waals surface area contributed by atoms with Gasteiger partial charge in [-0.25, -0.2) is 10.9 Å². The SMILES string of the molecule is CN(CC1CNNC1c1ccccc1)C(=O)CCC1=NNC(=O)CC1. The Balaban J connectivity index is 1.50. The van der Waals surface area contributed by atoms with Crippen LogP contribution in [0.3, 0.4) is 0 Å². The molecule has 0 spiro atoms. The highest BCUT2D eigenvalue weighted by molar-refractivity contribution is 5.94. The summed E-state index contributed by atoms with van der Waals surface area (Å²) in [7, 11) is 1.85. The molecule has 0 aliphatic carbocycles. The molecule has 1 aromatic carbocycles. The molecule has 2 heterocycles. The number of amides is 2. The van der Waals surface area contributed by atoms with Crippen molar-refractivity contribution in [1.29, 1.82) is 0 Å². The van der Waals surface area contributed by atoms with Gasteiger partial charge in [0.05, 0.1) is 6.04 Å². The van der Waals surface area contributed by atoms with Crippen LogP contribution >= 0.6 is 0 Å². The average Bonchev–Trinajstić information content (AvgIpc) is 3.09. The van der Waals surface area contributed by atoms with Crippen LogP contribution in [-0.4, -0.2) is 42.6 Å². The van der Waals surface area contributed by atoms with Crippen LogP contribution < -0.4 is 16.3 Å². The molecule has 2 aliphatic heterocycles. The van der Waals surface area contributed by atoms with Crippen molar-refractivity contribution in [3.05, 3.63) is 35.9 Å². The number of nitrogens with one attached hydrogen (secondary N) is 3. The average molecular weight is 343 g/mol. The molecular formula is C18H25N5O2. The van der Waals surface area contributed by atoms with E-state index in [1.54, 1.807) is 4.90 Å². The minimum Gasteiger partial charge on any atom is -0.345 e. The second-order valence-corrected chi connectivity index (χ2v) is 6.66. The smallest absolute Gasteiger partial charge is 0.240 e. The first-order valence-corrected chi connectivity index (χ1v) is 8.75. The second kappa shape index (κ2) is 8.22. The molecule has 1 aromatic rings. The molecule has 2 amide bonds. The minimum atomic E-state index is -0.0552. The van der Waals surface area contributed by atoms with Gasteiger partial charge in [0, 0.05) is 44.6 Å². The monoisotopic (exact) mass is 343 g/mol. The predicted octanol–water partition coefficient (Wildman–Crippen LogP) is 0.956. The van der Waals surface area contributed by atoms with Gasteiger partial charge in [-0.15, -0.1) is 0 Å². The first-order valence-electron chi connectivity index (χ1n) is 8.75. The van der Waals surface area contributed by atoms with Crippen LogP contribution in [0.5, 0.6) is 0 Å². The quantitative estimate of drug-likeness (QED) is 0.718. The van der Waals surface area contributed by atoms with E-state index in [4.69, 9.17) is 0 Å². The van der Waals surface area contributed by atoms with E-state index in [1.807, 2.05) is 25.2 Å². The fourth-order valence-electron chi connectivity index (χ4n) is 3.31. The molecule has 0 aromatic heterocycles. The van der Waals surface area contributed by atoms with Crippen LogP contribution in [0.1, 0.15) is 37.3 Å². The summed E-state index contributed by atoms with van der Waals surface area (Å²) in [6.45, 7) is 1.53. The highest BCUT2D eigenvalue weighted by Gasteiger charge is 2.30. The maximum Gasteiger partial charge on any atom is 0.240 e. The molecule has 1 saturated heterocycles. The van der Waals surface area contributed by atoms with Gasteiger partial charge in [0.25, 0.3) is 0 Å². The molecule has 3 N–H and O–H groups in total. The van der Waals surface area contributed by atoms with Gasteiger partial charge < -0.3 is 4.90 Å². The summed E-state index contributed by atoms with van der Waals surface area (Å²) < 4.78 is 0. The molecule has 1 fully saturated rings. The Labute approximate surface area is 147 Å². The van der Waals surface area contributed by atoms with E-state index >= 15 is 0 Å². The van der Waals surface area contributed by atoms with Crippen molar-refractivity contribution in [3.63, 3.8) is 0 Å². The number of benzene rings is 1. The van der Waals surface area contributed by atoms with Crippen molar-refractivity contribution in [3.8, 4) is 0 Å². The van der Waals surface area contributed by atoms with E-state index in [-0.39, 0.29) is 17.9 Å². The van der Waals surface area contributed by atoms with Gasteiger partial charge in [0.2, 0.25) is 11.8 Å². The lowest BCUT2D eigenvalue weighted by Gasteiger charge is -2.25. The van der Waals surface area contributed by atoms with Crippen molar-refractivity contribution in [2.45, 2.75) is 31.7 Å². The molecule has 7 heteroatoms. The molecule has 0 bridgehead atoms. The minimum absolute atomic E-state index is 0.0552. The predicted molar refractivity (Wildman–Crippen MR) is 95.5 cm³/mol. The van der Waals surface area contributed by atoms with Crippen LogP contribution in [-0.2, 0) is 9.59 Å². The molecule has 2 atom stereocenters. The molecule has 7 nitrogen and oxygen atoms in total. The maximum absolute atomic E-state index is 12.4. The first-order chi connectivity index (χ1) is 12.1. The van der Waals surface area contributed by atoms with Gasteiger partial charge in [-0.2, -0.15) is 5.10 Å². The van der Waals surface area contributed by atoms with E-state index in [9.17, 15) is 9.59 Å². The highest BCUT2D eigenvalue weighted by Crippen LogP contribution is 2.25. The lowest BCUT2D eigenvalue weighted by molar-refractivity contribution is -0.130. The zero-order chi connectivity index (χ0) is 17.6. The van der Waals surface area contributed by atoms with Crippen molar-refractivity contribution in [2.24, 2.45) is 11.0 Å². The summed E-state index contributed by atoms with van der Waals surface area (Å²) in [6, 6.07) is 10.5. The second-order valence-electron chi connectivity index (χ2n) is 6.66. The summed E-state index contributed by atoms with van der Waals surface area (Å²) in [5, 5.41) is 4.02.